The fraction of sp³-hybridized carbons (Fsp3) is 0.280. The number of hydrogen-bond acceptors (Lipinski definition) is 6. The Kier molecular flexibility index (Phi) is 8.32. The zero-order chi connectivity index (χ0) is 25.5. The van der Waals surface area contributed by atoms with Crippen LogP contribution in [0.1, 0.15) is 31.3 Å². The normalized spacial score (nSPS) is 14.3. The quantitative estimate of drug-likeness (QED) is 0.370. The van der Waals surface area contributed by atoms with Crippen LogP contribution >= 0.6 is 11.6 Å². The van der Waals surface area contributed by atoms with E-state index in [0.717, 1.165) is 32.7 Å². The molecular weight excluding hydrogens is 482 g/mol. The third-order valence-electron chi connectivity index (χ3n) is 5.91. The van der Waals surface area contributed by atoms with Crippen molar-refractivity contribution in [1.29, 1.82) is 0 Å². The number of nitrogens with zero attached hydrogens (tertiary/aromatic N) is 3. The Balaban J connectivity index is 1.30. The number of aromatic nitrogens is 2. The van der Waals surface area contributed by atoms with Crippen molar-refractivity contribution in [2.45, 2.75) is 0 Å². The third-order valence-corrected chi connectivity index (χ3v) is 6.24. The molecule has 1 aliphatic rings. The first-order valence-electron chi connectivity index (χ1n) is 11.6. The lowest BCUT2D eigenvalue weighted by molar-refractivity contribution is 0.0924. The van der Waals surface area contributed by atoms with Crippen LogP contribution in [-0.4, -0.2) is 83.8 Å². The zero-order valence-electron chi connectivity index (χ0n) is 19.9. The molecule has 0 aliphatic carbocycles. The van der Waals surface area contributed by atoms with E-state index < -0.39 is 5.91 Å². The number of benzene rings is 2. The molecule has 36 heavy (non-hydrogen) atoms. The van der Waals surface area contributed by atoms with Gasteiger partial charge in [-0.2, -0.15) is 0 Å². The summed E-state index contributed by atoms with van der Waals surface area (Å²) < 4.78 is 0. The molecule has 0 unspecified atom stereocenters. The molecule has 4 N–H and O–H groups in total. The number of H-pyrrole nitrogens is 1. The van der Waals surface area contributed by atoms with Gasteiger partial charge < -0.3 is 25.8 Å². The van der Waals surface area contributed by atoms with Crippen LogP contribution in [0, 0.1) is 0 Å². The van der Waals surface area contributed by atoms with E-state index in [1.807, 2.05) is 0 Å². The molecule has 188 valence electrons. The fourth-order valence-electron chi connectivity index (χ4n) is 3.80. The van der Waals surface area contributed by atoms with Crippen molar-refractivity contribution in [2.24, 2.45) is 0 Å². The first kappa shape index (κ1) is 25.4. The van der Waals surface area contributed by atoms with E-state index in [9.17, 15) is 14.4 Å². The maximum atomic E-state index is 12.8. The number of amides is 3. The van der Waals surface area contributed by atoms with Gasteiger partial charge in [0.2, 0.25) is 0 Å². The van der Waals surface area contributed by atoms with Crippen LogP contribution in [0.15, 0.2) is 54.9 Å². The minimum atomic E-state index is -0.520. The van der Waals surface area contributed by atoms with Gasteiger partial charge >= 0.3 is 0 Å². The van der Waals surface area contributed by atoms with Gasteiger partial charge in [-0.3, -0.25) is 19.3 Å². The number of hydrogen-bond donors (Lipinski definition) is 4. The second-order valence-electron chi connectivity index (χ2n) is 8.49. The number of piperazine rings is 1. The highest BCUT2D eigenvalue weighted by Gasteiger charge is 2.21. The second-order valence-corrected chi connectivity index (χ2v) is 8.90. The van der Waals surface area contributed by atoms with Crippen molar-refractivity contribution >= 4 is 40.7 Å². The van der Waals surface area contributed by atoms with Gasteiger partial charge in [-0.1, -0.05) is 23.7 Å². The fourth-order valence-corrected chi connectivity index (χ4v) is 4.02. The topological polar surface area (TPSA) is 122 Å². The van der Waals surface area contributed by atoms with Gasteiger partial charge in [-0.05, 0) is 43.4 Å². The lowest BCUT2D eigenvalue weighted by Gasteiger charge is -2.32. The van der Waals surface area contributed by atoms with Crippen molar-refractivity contribution in [2.75, 3.05) is 56.9 Å². The van der Waals surface area contributed by atoms with Gasteiger partial charge in [0, 0.05) is 50.6 Å². The highest BCUT2D eigenvalue weighted by Crippen LogP contribution is 2.19. The van der Waals surface area contributed by atoms with E-state index in [0.29, 0.717) is 28.5 Å². The van der Waals surface area contributed by atoms with Crippen molar-refractivity contribution < 1.29 is 14.4 Å². The predicted molar refractivity (Wildman–Crippen MR) is 139 cm³/mol. The van der Waals surface area contributed by atoms with Gasteiger partial charge in [-0.15, -0.1) is 0 Å². The van der Waals surface area contributed by atoms with Crippen LogP contribution in [0.3, 0.4) is 0 Å². The standard InChI is InChI=1S/C25H28ClN7O3/c1-32-12-14-33(15-13-32)11-10-27-24(35)21-22(29-16-28-21)25(36)31-18-8-6-17(7-9-18)30-23(34)19-4-2-3-5-20(19)26/h2-9,16H,10-15H2,1H3,(H,27,35)(H,28,29)(H,30,34)(H,31,36). The van der Waals surface area contributed by atoms with Gasteiger partial charge in [0.25, 0.3) is 17.7 Å². The minimum Gasteiger partial charge on any atom is -0.349 e. The number of rotatable bonds is 8. The average Bonchev–Trinajstić information content (AvgIpc) is 3.37. The highest BCUT2D eigenvalue weighted by molar-refractivity contribution is 6.34. The monoisotopic (exact) mass is 509 g/mol. The summed E-state index contributed by atoms with van der Waals surface area (Å²) in [5.74, 6) is -1.24. The maximum absolute atomic E-state index is 12.8. The van der Waals surface area contributed by atoms with E-state index in [2.05, 4.69) is 42.8 Å². The largest absolute Gasteiger partial charge is 0.349 e. The molecule has 0 atom stereocenters. The number of imidazole rings is 1. The number of likely N-dealkylation sites (N-methyl/N-ethyl adjacent to an activating group) is 1. The Hall–Kier alpha value is -3.73. The lowest BCUT2D eigenvalue weighted by Crippen LogP contribution is -2.47. The number of nitrogens with one attached hydrogen (secondary N) is 4. The second kappa shape index (κ2) is 11.8. The first-order valence-corrected chi connectivity index (χ1v) is 12.0. The summed E-state index contributed by atoms with van der Waals surface area (Å²) in [5.41, 5.74) is 1.50. The molecule has 11 heteroatoms. The van der Waals surface area contributed by atoms with Crippen LogP contribution in [0.25, 0.3) is 0 Å². The molecule has 10 nitrogen and oxygen atoms in total. The Morgan fingerprint density at radius 1 is 0.917 bits per heavy atom. The molecule has 0 radical (unpaired) electrons. The Labute approximate surface area is 214 Å². The molecule has 4 rings (SSSR count). The van der Waals surface area contributed by atoms with Crippen molar-refractivity contribution in [3.8, 4) is 0 Å². The van der Waals surface area contributed by atoms with Crippen LogP contribution in [0.5, 0.6) is 0 Å². The summed E-state index contributed by atoms with van der Waals surface area (Å²) in [7, 11) is 2.10. The molecule has 1 saturated heterocycles. The van der Waals surface area contributed by atoms with Gasteiger partial charge in [0.1, 0.15) is 5.69 Å². The van der Waals surface area contributed by atoms with Gasteiger partial charge in [-0.25, -0.2) is 4.98 Å². The SMILES string of the molecule is CN1CCN(CCNC(=O)c2[nH]cnc2C(=O)Nc2ccc(NC(=O)c3ccccc3Cl)cc2)CC1. The maximum Gasteiger partial charge on any atom is 0.276 e. The smallest absolute Gasteiger partial charge is 0.276 e. The minimum absolute atomic E-state index is 0.00296. The summed E-state index contributed by atoms with van der Waals surface area (Å²) in [6.07, 6.45) is 1.32. The van der Waals surface area contributed by atoms with Crippen molar-refractivity contribution in [1.82, 2.24) is 25.1 Å². The number of aromatic amines is 1. The van der Waals surface area contributed by atoms with Crippen LogP contribution in [0.2, 0.25) is 5.02 Å². The van der Waals surface area contributed by atoms with Crippen LogP contribution < -0.4 is 16.0 Å². The number of carbonyl (C=O) groups excluding carboxylic acids is 3. The van der Waals surface area contributed by atoms with Gasteiger partial charge in [0.15, 0.2) is 5.69 Å². The van der Waals surface area contributed by atoms with Crippen LogP contribution in [0.4, 0.5) is 11.4 Å². The Morgan fingerprint density at radius 3 is 2.22 bits per heavy atom. The summed E-state index contributed by atoms with van der Waals surface area (Å²) in [5, 5.41) is 8.70. The first-order chi connectivity index (χ1) is 17.4. The zero-order valence-corrected chi connectivity index (χ0v) is 20.6. The molecule has 1 aliphatic heterocycles. The predicted octanol–water partition coefficient (Wildman–Crippen LogP) is 2.54. The molecule has 2 aromatic carbocycles. The van der Waals surface area contributed by atoms with Crippen molar-refractivity contribution in [3.05, 3.63) is 76.8 Å². The van der Waals surface area contributed by atoms with Crippen LogP contribution in [-0.2, 0) is 0 Å². The third kappa shape index (κ3) is 6.48. The number of carbonyl (C=O) groups is 3. The molecule has 2 heterocycles. The van der Waals surface area contributed by atoms with E-state index in [1.165, 1.54) is 6.33 Å². The summed E-state index contributed by atoms with van der Waals surface area (Å²) in [6, 6.07) is 13.4. The molecule has 1 aromatic heterocycles. The summed E-state index contributed by atoms with van der Waals surface area (Å²) in [4.78, 5) is 49.2. The molecule has 0 bridgehead atoms. The van der Waals surface area contributed by atoms with E-state index in [1.54, 1.807) is 48.5 Å². The van der Waals surface area contributed by atoms with Crippen molar-refractivity contribution in [3.63, 3.8) is 0 Å². The molecule has 3 amide bonds. The number of halogens is 1. The van der Waals surface area contributed by atoms with Gasteiger partial charge in [0.05, 0.1) is 16.9 Å². The molecule has 1 fully saturated rings. The number of anilines is 2. The Morgan fingerprint density at radius 2 is 1.56 bits per heavy atom. The molecule has 0 spiro atoms. The van der Waals surface area contributed by atoms with E-state index >= 15 is 0 Å². The summed E-state index contributed by atoms with van der Waals surface area (Å²) in [6.45, 7) is 5.17. The highest BCUT2D eigenvalue weighted by atomic mass is 35.5. The Bertz CT molecular complexity index is 1220. The summed E-state index contributed by atoms with van der Waals surface area (Å²) >= 11 is 6.07. The average molecular weight is 510 g/mol. The molecule has 3 aromatic rings. The van der Waals surface area contributed by atoms with E-state index in [-0.39, 0.29) is 23.2 Å². The molecule has 0 saturated carbocycles. The van der Waals surface area contributed by atoms with E-state index in [4.69, 9.17) is 11.6 Å². The lowest BCUT2D eigenvalue weighted by atomic mass is 10.2. The molecular formula is C25H28ClN7O3.